The number of terminal acetylenes is 1. The molecule has 3 saturated carbocycles. The zero-order valence-electron chi connectivity index (χ0n) is 26.1. The summed E-state index contributed by atoms with van der Waals surface area (Å²) >= 11 is 0. The number of Topliss-reactive ketones (excluding diaryl/α,β-unsaturated/α-hetero) is 1. The fraction of sp³-hybridized carbons (Fsp3) is 0.639. The number of carbonyl (C=O) groups excluding carboxylic acids is 3. The van der Waals surface area contributed by atoms with Crippen molar-refractivity contribution >= 4 is 17.5 Å². The lowest BCUT2D eigenvalue weighted by atomic mass is 9.34. The summed E-state index contributed by atoms with van der Waals surface area (Å²) in [6.07, 6.45) is 18.2. The predicted molar refractivity (Wildman–Crippen MR) is 160 cm³/mol. The topological polar surface area (TPSA) is 92.8 Å². The minimum Gasteiger partial charge on any atom is -0.295 e. The zero-order chi connectivity index (χ0) is 30.7. The predicted octanol–water partition coefficient (Wildman–Crippen LogP) is 6.72. The third-order valence-corrected chi connectivity index (χ3v) is 13.3. The fourth-order valence-corrected chi connectivity index (χ4v) is 10.8. The Labute approximate surface area is 250 Å². The Hall–Kier alpha value is -3.25. The molecule has 0 aromatic carbocycles. The molecule has 0 N–H and O–H groups in total. The lowest BCUT2D eigenvalue weighted by Crippen LogP contribution is -2.66. The van der Waals surface area contributed by atoms with Gasteiger partial charge in [0.25, 0.3) is 0 Å². The normalized spacial score (nSPS) is 41.5. The van der Waals surface area contributed by atoms with Gasteiger partial charge in [-0.3, -0.25) is 19.0 Å². The molecule has 0 saturated heterocycles. The third kappa shape index (κ3) is 3.45. The average molecular weight is 566 g/mol. The average Bonchev–Trinajstić information content (AvgIpc) is 3.41. The first-order valence-corrected chi connectivity index (χ1v) is 15.5. The Morgan fingerprint density at radius 3 is 2.38 bits per heavy atom. The molecule has 5 aliphatic carbocycles. The molecule has 1 aromatic heterocycles. The van der Waals surface area contributed by atoms with Gasteiger partial charge in [0.15, 0.2) is 11.6 Å². The van der Waals surface area contributed by atoms with E-state index in [4.69, 9.17) is 6.42 Å². The summed E-state index contributed by atoms with van der Waals surface area (Å²) in [5, 5.41) is 9.94. The molecule has 0 aliphatic heterocycles. The summed E-state index contributed by atoms with van der Waals surface area (Å²) < 4.78 is 1.57. The first-order chi connectivity index (χ1) is 19.5. The maximum atomic E-state index is 14.7. The van der Waals surface area contributed by atoms with E-state index in [2.05, 4.69) is 51.6 Å². The van der Waals surface area contributed by atoms with Crippen LogP contribution in [0, 0.1) is 73.9 Å². The molecule has 0 bridgehead atoms. The lowest BCUT2D eigenvalue weighted by Gasteiger charge is -2.69. The molecule has 220 valence electrons. The van der Waals surface area contributed by atoms with Crippen LogP contribution in [0.2, 0.25) is 0 Å². The maximum absolute atomic E-state index is 14.7. The first kappa shape index (κ1) is 28.9. The van der Waals surface area contributed by atoms with Crippen molar-refractivity contribution in [3.8, 4) is 18.4 Å². The molecule has 1 heterocycles. The van der Waals surface area contributed by atoms with Crippen LogP contribution in [0.3, 0.4) is 0 Å². The van der Waals surface area contributed by atoms with Crippen LogP contribution in [0.25, 0.3) is 0 Å². The van der Waals surface area contributed by atoms with Gasteiger partial charge < -0.3 is 0 Å². The molecule has 42 heavy (non-hydrogen) atoms. The highest BCUT2D eigenvalue weighted by atomic mass is 16.2. The van der Waals surface area contributed by atoms with Gasteiger partial charge >= 0.3 is 0 Å². The summed E-state index contributed by atoms with van der Waals surface area (Å²) in [4.78, 5) is 46.6. The van der Waals surface area contributed by atoms with Crippen LogP contribution in [0.5, 0.6) is 0 Å². The lowest BCUT2D eigenvalue weighted by molar-refractivity contribution is -0.164. The van der Waals surface area contributed by atoms with Crippen molar-refractivity contribution < 1.29 is 14.4 Å². The van der Waals surface area contributed by atoms with E-state index in [1.807, 2.05) is 26.0 Å². The summed E-state index contributed by atoms with van der Waals surface area (Å²) in [6, 6.07) is 2.18. The van der Waals surface area contributed by atoms with Gasteiger partial charge in [-0.05, 0) is 85.0 Å². The molecule has 1 aromatic rings. The van der Waals surface area contributed by atoms with Gasteiger partial charge in [0.1, 0.15) is 18.1 Å². The van der Waals surface area contributed by atoms with E-state index in [1.165, 1.54) is 6.33 Å². The maximum Gasteiger partial charge on any atom is 0.238 e. The van der Waals surface area contributed by atoms with Crippen LogP contribution in [-0.4, -0.2) is 27.0 Å². The number of hydrogen-bond acceptors (Lipinski definition) is 5. The van der Waals surface area contributed by atoms with Crippen molar-refractivity contribution in [3.63, 3.8) is 0 Å². The van der Waals surface area contributed by atoms with E-state index in [-0.39, 0.29) is 57.0 Å². The minimum atomic E-state index is -0.693. The summed E-state index contributed by atoms with van der Waals surface area (Å²) in [6.45, 7) is 15.2. The second kappa shape index (κ2) is 8.66. The van der Waals surface area contributed by atoms with E-state index in [1.54, 1.807) is 10.8 Å². The van der Waals surface area contributed by atoms with Crippen LogP contribution in [0.15, 0.2) is 35.8 Å². The SMILES string of the molecule is C#Cc1cn(C(=O)[C@]23CCC(C)(C)C[C@@H]2[C@H]2C(=O)C=C4[C@@]5(C)C=C(C#N)C(=O)C(C)(C)C5CC[C@@]4(C)[C@]2(C)CC3)cn1. The van der Waals surface area contributed by atoms with Crippen LogP contribution in [0.4, 0.5) is 0 Å². The molecule has 0 amide bonds. The van der Waals surface area contributed by atoms with Crippen LogP contribution in [0.1, 0.15) is 104 Å². The smallest absolute Gasteiger partial charge is 0.238 e. The first-order valence-electron chi connectivity index (χ1n) is 15.5. The van der Waals surface area contributed by atoms with Crippen molar-refractivity contribution in [3.05, 3.63) is 41.5 Å². The quantitative estimate of drug-likeness (QED) is 0.352. The second-order valence-corrected chi connectivity index (χ2v) is 16.0. The summed E-state index contributed by atoms with van der Waals surface area (Å²) in [7, 11) is 0. The molecule has 1 unspecified atom stereocenters. The van der Waals surface area contributed by atoms with Crippen molar-refractivity contribution in [2.24, 2.45) is 50.2 Å². The molecular weight excluding hydrogens is 522 g/mol. The molecule has 0 radical (unpaired) electrons. The Morgan fingerprint density at radius 1 is 1.05 bits per heavy atom. The number of nitriles is 1. The number of nitrogens with zero attached hydrogens (tertiary/aromatic N) is 3. The second-order valence-electron chi connectivity index (χ2n) is 16.0. The number of ketones is 2. The van der Waals surface area contributed by atoms with Crippen molar-refractivity contribution in [2.75, 3.05) is 0 Å². The molecule has 6 rings (SSSR count). The fourth-order valence-electron chi connectivity index (χ4n) is 10.8. The number of imidazole rings is 1. The summed E-state index contributed by atoms with van der Waals surface area (Å²) in [5.74, 6) is 2.15. The molecule has 3 fully saturated rings. The highest BCUT2D eigenvalue weighted by Gasteiger charge is 2.71. The summed E-state index contributed by atoms with van der Waals surface area (Å²) in [5.41, 5.74) is -0.870. The molecule has 7 atom stereocenters. The standard InChI is InChI=1S/C36H43N3O3/c1-9-23-20-39(21-38-23)30(42)36-14-12-31(2,3)18-24(36)28-25(40)16-27-33(6)17-22(19-37)29(41)32(4,5)26(33)10-11-34(27,7)35(28,8)13-15-36/h1,16-17,20-21,24,26,28H,10-15,18H2,2-8H3/t24-,26?,28+,33+,34-,35-,36+/m1/s1. The van der Waals surface area contributed by atoms with E-state index in [0.29, 0.717) is 12.1 Å². The number of fused-ring (bicyclic) bond motifs is 7. The van der Waals surface area contributed by atoms with Crippen LogP contribution < -0.4 is 0 Å². The Morgan fingerprint density at radius 2 is 1.74 bits per heavy atom. The number of hydrogen-bond donors (Lipinski definition) is 0. The molecule has 6 heteroatoms. The van der Waals surface area contributed by atoms with Crippen LogP contribution >= 0.6 is 0 Å². The van der Waals surface area contributed by atoms with Crippen LogP contribution in [-0.2, 0) is 9.59 Å². The van der Waals surface area contributed by atoms with Gasteiger partial charge in [0.2, 0.25) is 5.91 Å². The van der Waals surface area contributed by atoms with Crippen molar-refractivity contribution in [1.29, 1.82) is 5.26 Å². The largest absolute Gasteiger partial charge is 0.295 e. The van der Waals surface area contributed by atoms with E-state index in [0.717, 1.165) is 44.1 Å². The van der Waals surface area contributed by atoms with Gasteiger partial charge in [-0.2, -0.15) is 5.26 Å². The van der Waals surface area contributed by atoms with Gasteiger partial charge in [-0.15, -0.1) is 6.42 Å². The van der Waals surface area contributed by atoms with E-state index in [9.17, 15) is 19.6 Å². The van der Waals surface area contributed by atoms with Gasteiger partial charge in [-0.25, -0.2) is 4.98 Å². The van der Waals surface area contributed by atoms with E-state index >= 15 is 0 Å². The Balaban J connectivity index is 1.52. The van der Waals surface area contributed by atoms with E-state index < -0.39 is 16.2 Å². The Kier molecular flexibility index (Phi) is 5.95. The third-order valence-electron chi connectivity index (χ3n) is 13.3. The van der Waals surface area contributed by atoms with Crippen molar-refractivity contribution in [1.82, 2.24) is 9.55 Å². The Bertz CT molecular complexity index is 1580. The minimum absolute atomic E-state index is 0.00587. The molecule has 6 nitrogen and oxygen atoms in total. The molecular formula is C36H43N3O3. The van der Waals surface area contributed by atoms with Gasteiger partial charge in [0.05, 0.1) is 11.0 Å². The number of allylic oxidation sites excluding steroid dienone is 4. The van der Waals surface area contributed by atoms with Crippen molar-refractivity contribution in [2.45, 2.75) is 93.4 Å². The highest BCUT2D eigenvalue weighted by Crippen LogP contribution is 2.74. The molecule has 0 spiro atoms. The van der Waals surface area contributed by atoms with Gasteiger partial charge in [0, 0.05) is 22.9 Å². The molecule has 5 aliphatic rings. The number of rotatable bonds is 1. The highest BCUT2D eigenvalue weighted by molar-refractivity contribution is 6.04. The number of aromatic nitrogens is 2. The van der Waals surface area contributed by atoms with Gasteiger partial charge in [-0.1, -0.05) is 60.1 Å². The monoisotopic (exact) mass is 565 g/mol. The number of carbonyl (C=O) groups is 3. The zero-order valence-corrected chi connectivity index (χ0v) is 26.1.